The molecule has 5 heteroatoms. The average Bonchev–Trinajstić information content (AvgIpc) is 2.48. The van der Waals surface area contributed by atoms with Crippen LogP contribution in [0.15, 0.2) is 12.1 Å². The van der Waals surface area contributed by atoms with Crippen molar-refractivity contribution >= 4 is 23.1 Å². The number of carbonyl (C=O) groups is 1. The van der Waals surface area contributed by atoms with Crippen molar-refractivity contribution in [1.29, 1.82) is 0 Å². The summed E-state index contributed by atoms with van der Waals surface area (Å²) in [5, 5.41) is 10.7. The predicted octanol–water partition coefficient (Wildman–Crippen LogP) is 2.38. The first-order valence-electron chi connectivity index (χ1n) is 4.09. The van der Waals surface area contributed by atoms with E-state index in [1.54, 1.807) is 0 Å². The largest absolute Gasteiger partial charge is 0.294 e. The van der Waals surface area contributed by atoms with Gasteiger partial charge in [0.25, 0.3) is 5.69 Å². The van der Waals surface area contributed by atoms with Gasteiger partial charge in [-0.25, -0.2) is 0 Å². The molecule has 1 aliphatic rings. The number of hydrogen-bond acceptors (Lipinski definition) is 3. The van der Waals surface area contributed by atoms with Crippen LogP contribution in [0.2, 0.25) is 5.02 Å². The van der Waals surface area contributed by atoms with E-state index in [4.69, 9.17) is 11.6 Å². The van der Waals surface area contributed by atoms with Crippen LogP contribution in [0.5, 0.6) is 0 Å². The van der Waals surface area contributed by atoms with Crippen LogP contribution < -0.4 is 0 Å². The number of non-ortho nitro benzene ring substituents is 1. The molecule has 1 aromatic rings. The molecule has 2 rings (SSSR count). The zero-order chi connectivity index (χ0) is 10.3. The van der Waals surface area contributed by atoms with Gasteiger partial charge in [-0.3, -0.25) is 14.9 Å². The maximum Gasteiger partial charge on any atom is 0.271 e. The average molecular weight is 212 g/mol. The monoisotopic (exact) mass is 211 g/mol. The number of aryl methyl sites for hydroxylation is 1. The quantitative estimate of drug-likeness (QED) is 0.529. The number of carbonyl (C=O) groups excluding carboxylic acids is 1. The summed E-state index contributed by atoms with van der Waals surface area (Å²) >= 11 is 5.79. The first-order chi connectivity index (χ1) is 6.59. The van der Waals surface area contributed by atoms with Gasteiger partial charge in [-0.2, -0.15) is 0 Å². The van der Waals surface area contributed by atoms with Gasteiger partial charge in [-0.15, -0.1) is 0 Å². The van der Waals surface area contributed by atoms with Crippen LogP contribution in [0.25, 0.3) is 0 Å². The van der Waals surface area contributed by atoms with Gasteiger partial charge in [-0.1, -0.05) is 11.6 Å². The van der Waals surface area contributed by atoms with Crippen molar-refractivity contribution in [1.82, 2.24) is 0 Å². The number of nitro benzene ring substituents is 1. The Morgan fingerprint density at radius 1 is 1.36 bits per heavy atom. The van der Waals surface area contributed by atoms with Crippen LogP contribution in [-0.4, -0.2) is 10.7 Å². The van der Waals surface area contributed by atoms with Gasteiger partial charge in [0.2, 0.25) is 0 Å². The Bertz CT molecular complexity index is 442. The van der Waals surface area contributed by atoms with Gasteiger partial charge in [-0.05, 0) is 12.0 Å². The van der Waals surface area contributed by atoms with Crippen molar-refractivity contribution in [3.05, 3.63) is 38.4 Å². The maximum atomic E-state index is 11.3. The minimum Gasteiger partial charge on any atom is -0.294 e. The van der Waals surface area contributed by atoms with Gasteiger partial charge in [0.1, 0.15) is 0 Å². The lowest BCUT2D eigenvalue weighted by Crippen LogP contribution is -1.95. The first-order valence-corrected chi connectivity index (χ1v) is 4.47. The van der Waals surface area contributed by atoms with Crippen LogP contribution >= 0.6 is 11.6 Å². The molecule has 0 atom stereocenters. The summed E-state index contributed by atoms with van der Waals surface area (Å²) in [6.07, 6.45) is 0.950. The molecule has 0 spiro atoms. The van der Waals surface area contributed by atoms with Crippen molar-refractivity contribution in [3.8, 4) is 0 Å². The maximum absolute atomic E-state index is 11.3. The van der Waals surface area contributed by atoms with E-state index in [1.165, 1.54) is 12.1 Å². The molecule has 0 fully saturated rings. The first kappa shape index (κ1) is 9.15. The summed E-state index contributed by atoms with van der Waals surface area (Å²) < 4.78 is 0. The van der Waals surface area contributed by atoms with Gasteiger partial charge >= 0.3 is 0 Å². The third-order valence-corrected chi connectivity index (χ3v) is 2.57. The third kappa shape index (κ3) is 1.28. The van der Waals surface area contributed by atoms with Crippen LogP contribution in [0.1, 0.15) is 22.3 Å². The fourth-order valence-electron chi connectivity index (χ4n) is 1.64. The lowest BCUT2D eigenvalue weighted by atomic mass is 10.1. The Hall–Kier alpha value is -1.42. The number of nitro groups is 1. The molecule has 4 nitrogen and oxygen atoms in total. The topological polar surface area (TPSA) is 60.2 Å². The predicted molar refractivity (Wildman–Crippen MR) is 50.8 cm³/mol. The fraction of sp³-hybridized carbons (Fsp3) is 0.222. The molecular formula is C9H6ClNO3. The molecule has 0 aromatic heterocycles. The molecule has 1 aromatic carbocycles. The van der Waals surface area contributed by atoms with Crippen molar-refractivity contribution in [2.24, 2.45) is 0 Å². The Labute approximate surface area is 84.6 Å². The van der Waals surface area contributed by atoms with Crippen molar-refractivity contribution in [3.63, 3.8) is 0 Å². The minimum absolute atomic E-state index is 0.0279. The van der Waals surface area contributed by atoms with E-state index in [1.807, 2.05) is 0 Å². The van der Waals surface area contributed by atoms with E-state index in [0.29, 0.717) is 24.0 Å². The lowest BCUT2D eigenvalue weighted by Gasteiger charge is -2.00. The van der Waals surface area contributed by atoms with Gasteiger partial charge in [0.05, 0.1) is 9.95 Å². The number of rotatable bonds is 1. The summed E-state index contributed by atoms with van der Waals surface area (Å²) in [7, 11) is 0. The number of hydrogen-bond donors (Lipinski definition) is 0. The number of fused-ring (bicyclic) bond motifs is 1. The molecule has 14 heavy (non-hydrogen) atoms. The van der Waals surface area contributed by atoms with Crippen LogP contribution in [0.3, 0.4) is 0 Å². The summed E-state index contributed by atoms with van der Waals surface area (Å²) in [5.41, 5.74) is 1.09. The summed E-state index contributed by atoms with van der Waals surface area (Å²) in [6, 6.07) is 2.65. The Morgan fingerprint density at radius 2 is 2.07 bits per heavy atom. The summed E-state index contributed by atoms with van der Waals surface area (Å²) in [5.74, 6) is -0.0279. The smallest absolute Gasteiger partial charge is 0.271 e. The molecule has 0 saturated carbocycles. The molecule has 0 saturated heterocycles. The van der Waals surface area contributed by atoms with Crippen molar-refractivity contribution in [2.75, 3.05) is 0 Å². The lowest BCUT2D eigenvalue weighted by molar-refractivity contribution is -0.384. The van der Waals surface area contributed by atoms with Crippen LogP contribution in [0, 0.1) is 10.1 Å². The molecule has 0 aliphatic heterocycles. The van der Waals surface area contributed by atoms with Crippen molar-refractivity contribution in [2.45, 2.75) is 12.8 Å². The van der Waals surface area contributed by atoms with E-state index in [-0.39, 0.29) is 16.5 Å². The standard InChI is InChI=1S/C9H6ClNO3/c10-7-4-6(11(13)14)3-5-1-2-8(12)9(5)7/h3-4H,1-2H2. The Morgan fingerprint density at radius 3 is 2.71 bits per heavy atom. The molecule has 1 aliphatic carbocycles. The SMILES string of the molecule is O=C1CCc2cc([N+](=O)[O-])cc(Cl)c21. The van der Waals surface area contributed by atoms with E-state index in [9.17, 15) is 14.9 Å². The molecule has 0 radical (unpaired) electrons. The highest BCUT2D eigenvalue weighted by atomic mass is 35.5. The zero-order valence-electron chi connectivity index (χ0n) is 7.12. The Kier molecular flexibility index (Phi) is 2.00. The Balaban J connectivity index is 2.62. The minimum atomic E-state index is -0.505. The molecule has 0 N–H and O–H groups in total. The van der Waals surface area contributed by atoms with Crippen LogP contribution in [-0.2, 0) is 6.42 Å². The number of benzene rings is 1. The number of halogens is 1. The number of nitrogens with zero attached hydrogens (tertiary/aromatic N) is 1. The number of Topliss-reactive ketones (excluding diaryl/α,β-unsaturated/α-hetero) is 1. The second-order valence-electron chi connectivity index (χ2n) is 3.14. The molecule has 72 valence electrons. The molecular weight excluding hydrogens is 206 g/mol. The van der Waals surface area contributed by atoms with Gasteiger partial charge in [0.15, 0.2) is 5.78 Å². The summed E-state index contributed by atoms with van der Waals surface area (Å²) in [6.45, 7) is 0. The van der Waals surface area contributed by atoms with E-state index >= 15 is 0 Å². The second-order valence-corrected chi connectivity index (χ2v) is 3.55. The molecule has 0 unspecified atom stereocenters. The van der Waals surface area contributed by atoms with Crippen LogP contribution in [0.4, 0.5) is 5.69 Å². The third-order valence-electron chi connectivity index (χ3n) is 2.27. The normalized spacial score (nSPS) is 14.2. The highest BCUT2D eigenvalue weighted by Gasteiger charge is 2.25. The second kappa shape index (κ2) is 3.06. The highest BCUT2D eigenvalue weighted by Crippen LogP contribution is 2.32. The van der Waals surface area contributed by atoms with Gasteiger partial charge in [0, 0.05) is 24.1 Å². The fourth-order valence-corrected chi connectivity index (χ4v) is 1.97. The zero-order valence-corrected chi connectivity index (χ0v) is 7.87. The van der Waals surface area contributed by atoms with E-state index in [2.05, 4.69) is 0 Å². The summed E-state index contributed by atoms with van der Waals surface area (Å²) in [4.78, 5) is 21.3. The van der Waals surface area contributed by atoms with Crippen molar-refractivity contribution < 1.29 is 9.72 Å². The van der Waals surface area contributed by atoms with Gasteiger partial charge < -0.3 is 0 Å². The number of ketones is 1. The highest BCUT2D eigenvalue weighted by molar-refractivity contribution is 6.34. The molecule has 0 heterocycles. The van der Waals surface area contributed by atoms with E-state index in [0.717, 1.165) is 0 Å². The molecule has 0 bridgehead atoms. The van der Waals surface area contributed by atoms with E-state index < -0.39 is 4.92 Å². The molecule has 0 amide bonds.